The summed E-state index contributed by atoms with van der Waals surface area (Å²) in [5.74, 6) is -0.0629. The highest BCUT2D eigenvalue weighted by molar-refractivity contribution is 6.06. The fraction of sp³-hybridized carbons (Fsp3) is 0.273. The molecule has 27 heavy (non-hydrogen) atoms. The van der Waals surface area contributed by atoms with Crippen LogP contribution in [0.1, 0.15) is 21.5 Å². The highest BCUT2D eigenvalue weighted by Crippen LogP contribution is 2.21. The fourth-order valence-electron chi connectivity index (χ4n) is 3.47. The van der Waals surface area contributed by atoms with Crippen LogP contribution in [-0.4, -0.2) is 41.7 Å². The number of carbonyl (C=O) groups excluding carboxylic acids is 1. The maximum Gasteiger partial charge on any atom is 0.262 e. The summed E-state index contributed by atoms with van der Waals surface area (Å²) in [4.78, 5) is 28.1. The van der Waals surface area contributed by atoms with Gasteiger partial charge in [-0.1, -0.05) is 24.3 Å². The first-order valence-corrected chi connectivity index (χ1v) is 9.15. The predicted octanol–water partition coefficient (Wildman–Crippen LogP) is 3.08. The lowest BCUT2D eigenvalue weighted by Gasteiger charge is -2.27. The lowest BCUT2D eigenvalue weighted by Crippen LogP contribution is -2.41. The average molecular weight is 362 g/mol. The van der Waals surface area contributed by atoms with E-state index in [4.69, 9.17) is 4.74 Å². The number of pyridine rings is 1. The third-order valence-electron chi connectivity index (χ3n) is 5.22. The van der Waals surface area contributed by atoms with Crippen LogP contribution >= 0.6 is 0 Å². The third kappa shape index (κ3) is 3.15. The lowest BCUT2D eigenvalue weighted by molar-refractivity contribution is 0.0304. The van der Waals surface area contributed by atoms with Gasteiger partial charge in [-0.15, -0.1) is 0 Å². The van der Waals surface area contributed by atoms with Crippen molar-refractivity contribution >= 4 is 16.7 Å². The molecule has 4 rings (SSSR count). The van der Waals surface area contributed by atoms with Gasteiger partial charge < -0.3 is 9.64 Å². The van der Waals surface area contributed by atoms with Crippen molar-refractivity contribution in [3.8, 4) is 5.69 Å². The van der Waals surface area contributed by atoms with E-state index in [0.717, 1.165) is 16.8 Å². The summed E-state index contributed by atoms with van der Waals surface area (Å²) < 4.78 is 6.95. The quantitative estimate of drug-likeness (QED) is 0.704. The number of fused-ring (bicyclic) bond motifs is 1. The Balaban J connectivity index is 1.92. The van der Waals surface area contributed by atoms with Crippen LogP contribution in [-0.2, 0) is 4.74 Å². The zero-order chi connectivity index (χ0) is 19.0. The van der Waals surface area contributed by atoms with Crippen LogP contribution in [0.4, 0.5) is 0 Å². The SMILES string of the molecule is Cc1ccc(-n2cc(C(=O)N3CCOCC3)c3ccccc3c2=O)cc1C. The normalized spacial score (nSPS) is 14.5. The number of aryl methyl sites for hydroxylation is 2. The highest BCUT2D eigenvalue weighted by atomic mass is 16.5. The Hall–Kier alpha value is -2.92. The zero-order valence-electron chi connectivity index (χ0n) is 15.6. The number of aromatic nitrogens is 1. The second-order valence-corrected chi connectivity index (χ2v) is 6.94. The molecular formula is C22H22N2O3. The molecule has 1 aliphatic heterocycles. The summed E-state index contributed by atoms with van der Waals surface area (Å²) in [6.45, 7) is 6.27. The second-order valence-electron chi connectivity index (χ2n) is 6.94. The molecule has 3 aromatic rings. The standard InChI is InChI=1S/C22H22N2O3/c1-15-7-8-17(13-16(15)2)24-14-20(21(25)23-9-11-27-12-10-23)18-5-3-4-6-19(18)22(24)26/h3-8,13-14H,9-12H2,1-2H3. The average Bonchev–Trinajstić information content (AvgIpc) is 2.71. The summed E-state index contributed by atoms with van der Waals surface area (Å²) in [5.41, 5.74) is 3.47. The predicted molar refractivity (Wildman–Crippen MR) is 106 cm³/mol. The first kappa shape index (κ1) is 17.5. The topological polar surface area (TPSA) is 51.5 Å². The van der Waals surface area contributed by atoms with Gasteiger partial charge >= 0.3 is 0 Å². The van der Waals surface area contributed by atoms with Crippen molar-refractivity contribution in [1.82, 2.24) is 9.47 Å². The largest absolute Gasteiger partial charge is 0.378 e. The van der Waals surface area contributed by atoms with Crippen molar-refractivity contribution in [2.45, 2.75) is 13.8 Å². The molecule has 2 aromatic carbocycles. The van der Waals surface area contributed by atoms with E-state index in [0.29, 0.717) is 42.6 Å². The minimum Gasteiger partial charge on any atom is -0.378 e. The first-order chi connectivity index (χ1) is 13.1. The minimum atomic E-state index is -0.118. The number of benzene rings is 2. The van der Waals surface area contributed by atoms with Crippen molar-refractivity contribution in [3.05, 3.63) is 75.7 Å². The number of nitrogens with zero attached hydrogens (tertiary/aromatic N) is 2. The number of amides is 1. The lowest BCUT2D eigenvalue weighted by atomic mass is 10.0. The molecule has 138 valence electrons. The Morgan fingerprint density at radius 1 is 0.963 bits per heavy atom. The summed E-state index contributed by atoms with van der Waals surface area (Å²) in [6, 6.07) is 13.2. The van der Waals surface area contributed by atoms with Crippen LogP contribution < -0.4 is 5.56 Å². The molecule has 0 N–H and O–H groups in total. The summed E-state index contributed by atoms with van der Waals surface area (Å²) in [7, 11) is 0. The molecule has 2 heterocycles. The molecule has 1 amide bonds. The smallest absolute Gasteiger partial charge is 0.262 e. The zero-order valence-corrected chi connectivity index (χ0v) is 15.6. The number of rotatable bonds is 2. The fourth-order valence-corrected chi connectivity index (χ4v) is 3.47. The maximum absolute atomic E-state index is 13.2. The van der Waals surface area contributed by atoms with Gasteiger partial charge in [-0.25, -0.2) is 0 Å². The Morgan fingerprint density at radius 3 is 2.37 bits per heavy atom. The molecular weight excluding hydrogens is 340 g/mol. The van der Waals surface area contributed by atoms with Crippen LogP contribution in [0.25, 0.3) is 16.5 Å². The number of hydrogen-bond donors (Lipinski definition) is 0. The van der Waals surface area contributed by atoms with Crippen molar-refractivity contribution in [3.63, 3.8) is 0 Å². The third-order valence-corrected chi connectivity index (χ3v) is 5.22. The second kappa shape index (κ2) is 7.00. The van der Waals surface area contributed by atoms with E-state index in [1.165, 1.54) is 0 Å². The Labute approximate surface area is 157 Å². The van der Waals surface area contributed by atoms with E-state index in [9.17, 15) is 9.59 Å². The van der Waals surface area contributed by atoms with Crippen LogP contribution in [0.5, 0.6) is 0 Å². The van der Waals surface area contributed by atoms with Crippen LogP contribution in [0.15, 0.2) is 53.5 Å². The molecule has 1 saturated heterocycles. The molecule has 0 bridgehead atoms. The number of morpholine rings is 1. The Bertz CT molecular complexity index is 1080. The molecule has 5 heteroatoms. The van der Waals surface area contributed by atoms with Gasteiger partial charge in [0.1, 0.15) is 0 Å². The molecule has 0 saturated carbocycles. The van der Waals surface area contributed by atoms with E-state index in [-0.39, 0.29) is 11.5 Å². The van der Waals surface area contributed by atoms with Gasteiger partial charge in [0, 0.05) is 35.7 Å². The molecule has 1 aromatic heterocycles. The first-order valence-electron chi connectivity index (χ1n) is 9.15. The van der Waals surface area contributed by atoms with Crippen molar-refractivity contribution < 1.29 is 9.53 Å². The number of hydrogen-bond acceptors (Lipinski definition) is 3. The van der Waals surface area contributed by atoms with Crippen LogP contribution in [0.3, 0.4) is 0 Å². The summed E-state index contributed by atoms with van der Waals surface area (Å²) in [6.07, 6.45) is 1.69. The minimum absolute atomic E-state index is 0.0629. The Kier molecular flexibility index (Phi) is 4.54. The van der Waals surface area contributed by atoms with E-state index < -0.39 is 0 Å². The van der Waals surface area contributed by atoms with E-state index in [2.05, 4.69) is 0 Å². The highest BCUT2D eigenvalue weighted by Gasteiger charge is 2.22. The van der Waals surface area contributed by atoms with Gasteiger partial charge in [-0.3, -0.25) is 14.2 Å². The molecule has 0 unspecified atom stereocenters. The van der Waals surface area contributed by atoms with Crippen molar-refractivity contribution in [2.75, 3.05) is 26.3 Å². The molecule has 0 aliphatic carbocycles. The maximum atomic E-state index is 13.2. The van der Waals surface area contributed by atoms with Gasteiger partial charge in [-0.2, -0.15) is 0 Å². The molecule has 0 atom stereocenters. The van der Waals surface area contributed by atoms with Crippen molar-refractivity contribution in [1.29, 1.82) is 0 Å². The van der Waals surface area contributed by atoms with E-state index >= 15 is 0 Å². The van der Waals surface area contributed by atoms with Gasteiger partial charge in [-0.05, 0) is 43.2 Å². The van der Waals surface area contributed by atoms with Crippen LogP contribution in [0, 0.1) is 13.8 Å². The summed E-state index contributed by atoms with van der Waals surface area (Å²) >= 11 is 0. The van der Waals surface area contributed by atoms with E-state index in [1.807, 2.05) is 50.2 Å². The van der Waals surface area contributed by atoms with Crippen molar-refractivity contribution in [2.24, 2.45) is 0 Å². The van der Waals surface area contributed by atoms with Crippen LogP contribution in [0.2, 0.25) is 0 Å². The van der Waals surface area contributed by atoms with Gasteiger partial charge in [0.2, 0.25) is 0 Å². The Morgan fingerprint density at radius 2 is 1.67 bits per heavy atom. The molecule has 1 aliphatic rings. The van der Waals surface area contributed by atoms with Gasteiger partial charge in [0.15, 0.2) is 0 Å². The molecule has 0 spiro atoms. The molecule has 1 fully saturated rings. The number of ether oxygens (including phenoxy) is 1. The van der Waals surface area contributed by atoms with Gasteiger partial charge in [0.05, 0.1) is 18.8 Å². The summed E-state index contributed by atoms with van der Waals surface area (Å²) in [5, 5.41) is 1.24. The monoisotopic (exact) mass is 362 g/mol. The van der Waals surface area contributed by atoms with Gasteiger partial charge in [0.25, 0.3) is 11.5 Å². The number of carbonyl (C=O) groups is 1. The molecule has 5 nitrogen and oxygen atoms in total. The molecule has 0 radical (unpaired) electrons. The van der Waals surface area contributed by atoms with E-state index in [1.54, 1.807) is 21.7 Å².